The molecule has 0 saturated carbocycles. The van der Waals surface area contributed by atoms with Gasteiger partial charge in [0.25, 0.3) is 0 Å². The molecule has 1 rings (SSSR count). The molecule has 5 heteroatoms. The molecular formula is C14H20O4S. The molecule has 0 spiro atoms. The number of rotatable bonds is 7. The normalized spacial score (nSPS) is 11.8. The standard InChI is InChI=1S/C14H20O4S/c1-14(2,13(15)16)9-19-11-7-5-10(6-8-11)12(17-3)18-4/h5-8,12H,9H2,1-4H3,(H,15,16). The van der Waals surface area contributed by atoms with Crippen molar-refractivity contribution >= 4 is 17.7 Å². The molecule has 0 aliphatic carbocycles. The minimum Gasteiger partial charge on any atom is -0.481 e. The molecule has 0 fully saturated rings. The summed E-state index contributed by atoms with van der Waals surface area (Å²) in [6.45, 7) is 3.45. The summed E-state index contributed by atoms with van der Waals surface area (Å²) in [6, 6.07) is 7.74. The largest absolute Gasteiger partial charge is 0.481 e. The van der Waals surface area contributed by atoms with Crippen molar-refractivity contribution in [3.63, 3.8) is 0 Å². The third kappa shape index (κ3) is 4.53. The first-order valence-electron chi connectivity index (χ1n) is 5.92. The van der Waals surface area contributed by atoms with Gasteiger partial charge in [0.15, 0.2) is 6.29 Å². The molecule has 0 heterocycles. The van der Waals surface area contributed by atoms with Crippen LogP contribution in [-0.2, 0) is 14.3 Å². The Bertz CT molecular complexity index is 410. The van der Waals surface area contributed by atoms with Crippen molar-refractivity contribution in [2.24, 2.45) is 5.41 Å². The van der Waals surface area contributed by atoms with Crippen molar-refractivity contribution in [3.05, 3.63) is 29.8 Å². The zero-order valence-corrected chi connectivity index (χ0v) is 12.5. The average molecular weight is 284 g/mol. The summed E-state index contributed by atoms with van der Waals surface area (Å²) in [5.74, 6) is -0.255. The molecule has 0 aliphatic rings. The van der Waals surface area contributed by atoms with Gasteiger partial charge in [0.05, 0.1) is 5.41 Å². The van der Waals surface area contributed by atoms with E-state index in [4.69, 9.17) is 14.6 Å². The van der Waals surface area contributed by atoms with Crippen LogP contribution in [0.3, 0.4) is 0 Å². The van der Waals surface area contributed by atoms with Gasteiger partial charge in [-0.05, 0) is 26.0 Å². The van der Waals surface area contributed by atoms with Gasteiger partial charge < -0.3 is 14.6 Å². The van der Waals surface area contributed by atoms with Crippen LogP contribution in [0.1, 0.15) is 25.7 Å². The van der Waals surface area contributed by atoms with Gasteiger partial charge in [-0.1, -0.05) is 12.1 Å². The topological polar surface area (TPSA) is 55.8 Å². The molecule has 0 radical (unpaired) electrons. The smallest absolute Gasteiger partial charge is 0.309 e. The van der Waals surface area contributed by atoms with E-state index >= 15 is 0 Å². The lowest BCUT2D eigenvalue weighted by Gasteiger charge is -2.18. The fourth-order valence-electron chi connectivity index (χ4n) is 1.42. The molecule has 0 atom stereocenters. The van der Waals surface area contributed by atoms with Gasteiger partial charge in [0.1, 0.15) is 0 Å². The van der Waals surface area contributed by atoms with Gasteiger partial charge >= 0.3 is 5.97 Å². The molecule has 4 nitrogen and oxygen atoms in total. The van der Waals surface area contributed by atoms with Crippen LogP contribution >= 0.6 is 11.8 Å². The van der Waals surface area contributed by atoms with Gasteiger partial charge in [-0.15, -0.1) is 11.8 Å². The fraction of sp³-hybridized carbons (Fsp3) is 0.500. The van der Waals surface area contributed by atoms with E-state index in [1.165, 1.54) is 11.8 Å². The molecule has 0 aliphatic heterocycles. The molecule has 0 aromatic heterocycles. The van der Waals surface area contributed by atoms with Crippen LogP contribution in [0, 0.1) is 5.41 Å². The maximum absolute atomic E-state index is 11.0. The highest BCUT2D eigenvalue weighted by molar-refractivity contribution is 7.99. The SMILES string of the molecule is COC(OC)c1ccc(SCC(C)(C)C(=O)O)cc1. The minimum atomic E-state index is -0.782. The van der Waals surface area contributed by atoms with Crippen molar-refractivity contribution in [2.75, 3.05) is 20.0 Å². The monoisotopic (exact) mass is 284 g/mol. The number of methoxy groups -OCH3 is 2. The van der Waals surface area contributed by atoms with E-state index in [1.54, 1.807) is 28.1 Å². The number of carboxylic acids is 1. The van der Waals surface area contributed by atoms with Crippen molar-refractivity contribution in [1.29, 1.82) is 0 Å². The summed E-state index contributed by atoms with van der Waals surface area (Å²) in [6.07, 6.45) is -0.366. The van der Waals surface area contributed by atoms with Gasteiger partial charge in [0, 0.05) is 30.4 Å². The summed E-state index contributed by atoms with van der Waals surface area (Å²) in [5.41, 5.74) is 0.206. The van der Waals surface area contributed by atoms with E-state index in [0.717, 1.165) is 10.5 Å². The maximum Gasteiger partial charge on any atom is 0.309 e. The highest BCUT2D eigenvalue weighted by atomic mass is 32.2. The molecule has 19 heavy (non-hydrogen) atoms. The van der Waals surface area contributed by atoms with Crippen LogP contribution in [-0.4, -0.2) is 31.0 Å². The molecule has 0 saturated heterocycles. The Morgan fingerprint density at radius 2 is 1.79 bits per heavy atom. The second-order valence-corrected chi connectivity index (χ2v) is 5.90. The first kappa shape index (κ1) is 16.0. The van der Waals surface area contributed by atoms with Crippen LogP contribution < -0.4 is 0 Å². The zero-order valence-electron chi connectivity index (χ0n) is 11.7. The molecule has 1 aromatic carbocycles. The number of carboxylic acid groups (broad SMARTS) is 1. The van der Waals surface area contributed by atoms with Crippen molar-refractivity contribution in [3.8, 4) is 0 Å². The van der Waals surface area contributed by atoms with Crippen LogP contribution in [0.2, 0.25) is 0 Å². The molecule has 1 N–H and O–H groups in total. The summed E-state index contributed by atoms with van der Waals surface area (Å²) in [7, 11) is 3.18. The van der Waals surface area contributed by atoms with E-state index in [9.17, 15) is 4.79 Å². The van der Waals surface area contributed by atoms with E-state index < -0.39 is 11.4 Å². The van der Waals surface area contributed by atoms with Crippen molar-refractivity contribution in [2.45, 2.75) is 25.0 Å². The Kier molecular flexibility index (Phi) is 5.85. The van der Waals surface area contributed by atoms with E-state index in [0.29, 0.717) is 5.75 Å². The van der Waals surface area contributed by atoms with Crippen LogP contribution in [0.15, 0.2) is 29.2 Å². The number of aliphatic carboxylic acids is 1. The van der Waals surface area contributed by atoms with Gasteiger partial charge in [-0.2, -0.15) is 0 Å². The molecule has 0 bridgehead atoms. The van der Waals surface area contributed by atoms with Crippen LogP contribution in [0.25, 0.3) is 0 Å². The van der Waals surface area contributed by atoms with Crippen molar-refractivity contribution < 1.29 is 19.4 Å². The number of hydrogen-bond acceptors (Lipinski definition) is 4. The zero-order chi connectivity index (χ0) is 14.5. The van der Waals surface area contributed by atoms with Gasteiger partial charge in [-0.3, -0.25) is 4.79 Å². The maximum atomic E-state index is 11.0. The lowest BCUT2D eigenvalue weighted by molar-refractivity contribution is -0.145. The second kappa shape index (κ2) is 6.93. The quantitative estimate of drug-likeness (QED) is 0.615. The predicted octanol–water partition coefficient (Wildman–Crippen LogP) is 3.18. The fourth-order valence-corrected chi connectivity index (χ4v) is 2.39. The Morgan fingerprint density at radius 3 is 2.21 bits per heavy atom. The summed E-state index contributed by atoms with van der Waals surface area (Å²) in [5, 5.41) is 9.05. The van der Waals surface area contributed by atoms with E-state index in [1.807, 2.05) is 24.3 Å². The third-order valence-electron chi connectivity index (χ3n) is 2.76. The minimum absolute atomic E-state index is 0.366. The van der Waals surface area contributed by atoms with E-state index in [-0.39, 0.29) is 6.29 Å². The molecule has 1 aromatic rings. The Balaban J connectivity index is 2.65. The van der Waals surface area contributed by atoms with Gasteiger partial charge in [0.2, 0.25) is 0 Å². The summed E-state index contributed by atoms with van der Waals surface area (Å²) in [4.78, 5) is 12.0. The first-order chi connectivity index (χ1) is 8.90. The lowest BCUT2D eigenvalue weighted by atomic mass is 9.97. The number of thioether (sulfide) groups is 1. The van der Waals surface area contributed by atoms with Gasteiger partial charge in [-0.25, -0.2) is 0 Å². The van der Waals surface area contributed by atoms with Crippen molar-refractivity contribution in [1.82, 2.24) is 0 Å². The van der Waals surface area contributed by atoms with Crippen LogP contribution in [0.5, 0.6) is 0 Å². The Morgan fingerprint density at radius 1 is 1.26 bits per heavy atom. The highest BCUT2D eigenvalue weighted by Crippen LogP contribution is 2.29. The molecule has 0 unspecified atom stereocenters. The molecular weight excluding hydrogens is 264 g/mol. The average Bonchev–Trinajstić information content (AvgIpc) is 2.39. The predicted molar refractivity (Wildman–Crippen MR) is 75.3 cm³/mol. The second-order valence-electron chi connectivity index (χ2n) is 4.85. The third-order valence-corrected chi connectivity index (χ3v) is 4.23. The number of benzene rings is 1. The Hall–Kier alpha value is -1.04. The van der Waals surface area contributed by atoms with E-state index in [2.05, 4.69) is 0 Å². The molecule has 106 valence electrons. The molecule has 0 amide bonds. The first-order valence-corrected chi connectivity index (χ1v) is 6.91. The number of hydrogen-bond donors (Lipinski definition) is 1. The number of carbonyl (C=O) groups is 1. The summed E-state index contributed by atoms with van der Waals surface area (Å²) >= 11 is 1.53. The lowest BCUT2D eigenvalue weighted by Crippen LogP contribution is -2.26. The Labute approximate surface area is 118 Å². The number of ether oxygens (including phenoxy) is 2. The summed E-state index contributed by atoms with van der Waals surface area (Å²) < 4.78 is 10.3. The highest BCUT2D eigenvalue weighted by Gasteiger charge is 2.27. The van der Waals surface area contributed by atoms with Crippen LogP contribution in [0.4, 0.5) is 0 Å².